The molecule has 3 aromatic carbocycles. The number of nitrogens with one attached hydrogen (secondary N) is 3. The first kappa shape index (κ1) is 54.9. The lowest BCUT2D eigenvalue weighted by atomic mass is 10.0. The highest BCUT2D eigenvalue weighted by molar-refractivity contribution is 14.1. The third-order valence-electron chi connectivity index (χ3n) is 9.43. The summed E-state index contributed by atoms with van der Waals surface area (Å²) in [5, 5.41) is 18.6. The molecule has 3 amide bonds. The Morgan fingerprint density at radius 2 is 0.938 bits per heavy atom. The van der Waals surface area contributed by atoms with Crippen LogP contribution in [0.15, 0.2) is 36.4 Å². The summed E-state index contributed by atoms with van der Waals surface area (Å²) in [4.78, 5) is 38.0. The molecular formula is C51H67I2N3O9. The van der Waals surface area contributed by atoms with Gasteiger partial charge in [-0.2, -0.15) is 0 Å². The molecule has 14 heteroatoms. The number of rotatable bonds is 21. The molecule has 0 unspecified atom stereocenters. The summed E-state index contributed by atoms with van der Waals surface area (Å²) in [6.07, 6.45) is 9.84. The maximum atomic E-state index is 13.1. The highest BCUT2D eigenvalue weighted by atomic mass is 127. The predicted octanol–water partition coefficient (Wildman–Crippen LogP) is 10.7. The van der Waals surface area contributed by atoms with E-state index in [1.807, 2.05) is 36.4 Å². The van der Waals surface area contributed by atoms with Crippen molar-refractivity contribution in [2.45, 2.75) is 144 Å². The van der Waals surface area contributed by atoms with Crippen molar-refractivity contribution >= 4 is 63.3 Å². The maximum Gasteiger partial charge on any atom is 0.407 e. The lowest BCUT2D eigenvalue weighted by Crippen LogP contribution is -2.32. The van der Waals surface area contributed by atoms with Crippen molar-refractivity contribution in [3.8, 4) is 40.9 Å². The lowest BCUT2D eigenvalue weighted by Gasteiger charge is -2.20. The van der Waals surface area contributed by atoms with Gasteiger partial charge in [0.15, 0.2) is 5.75 Å². The molecule has 354 valence electrons. The minimum absolute atomic E-state index is 0.0295. The van der Waals surface area contributed by atoms with Crippen LogP contribution in [-0.2, 0) is 33.9 Å². The number of aliphatic hydroxyl groups is 1. The van der Waals surface area contributed by atoms with Crippen molar-refractivity contribution in [1.29, 1.82) is 0 Å². The number of aliphatic hydroxyl groups excluding tert-OH is 1. The summed E-state index contributed by atoms with van der Waals surface area (Å²) >= 11 is 4.35. The Labute approximate surface area is 414 Å². The van der Waals surface area contributed by atoms with Gasteiger partial charge >= 0.3 is 12.2 Å². The second-order valence-electron chi connectivity index (χ2n) is 17.5. The van der Waals surface area contributed by atoms with Crippen LogP contribution >= 0.6 is 45.2 Å². The van der Waals surface area contributed by atoms with Gasteiger partial charge in [-0.15, -0.1) is 0 Å². The van der Waals surface area contributed by atoms with Crippen molar-refractivity contribution in [3.63, 3.8) is 0 Å². The number of alkyl carbamates (subject to hydrolysis) is 2. The summed E-state index contributed by atoms with van der Waals surface area (Å²) in [5.74, 6) is 14.5. The van der Waals surface area contributed by atoms with E-state index >= 15 is 0 Å². The number of ether oxygens (including phenoxy) is 5. The summed E-state index contributed by atoms with van der Waals surface area (Å²) in [7, 11) is 3.14. The predicted molar refractivity (Wildman–Crippen MR) is 272 cm³/mol. The van der Waals surface area contributed by atoms with Crippen LogP contribution in [0.25, 0.3) is 0 Å². The molecule has 0 saturated heterocycles. The Morgan fingerprint density at radius 3 is 1.32 bits per heavy atom. The molecule has 0 heterocycles. The molecule has 0 aliphatic rings. The fourth-order valence-electron chi connectivity index (χ4n) is 6.51. The smallest absolute Gasteiger partial charge is 0.407 e. The maximum absolute atomic E-state index is 13.1. The van der Waals surface area contributed by atoms with Gasteiger partial charge in [0, 0.05) is 26.1 Å². The molecular weight excluding hydrogens is 1050 g/mol. The number of benzene rings is 3. The fraction of sp³-hybridized carbons (Fsp3) is 0.510. The van der Waals surface area contributed by atoms with Crippen molar-refractivity contribution < 1.29 is 43.2 Å². The molecule has 0 radical (unpaired) electrons. The molecule has 4 N–H and O–H groups in total. The van der Waals surface area contributed by atoms with E-state index < -0.39 is 23.4 Å². The Kier molecular flexibility index (Phi) is 23.6. The van der Waals surface area contributed by atoms with Gasteiger partial charge < -0.3 is 44.7 Å². The van der Waals surface area contributed by atoms with Crippen LogP contribution in [0.5, 0.6) is 17.2 Å². The zero-order valence-electron chi connectivity index (χ0n) is 39.5. The van der Waals surface area contributed by atoms with E-state index in [1.165, 1.54) is 38.5 Å². The highest BCUT2D eigenvalue weighted by Gasteiger charge is 2.19. The third kappa shape index (κ3) is 20.8. The van der Waals surface area contributed by atoms with Crippen molar-refractivity contribution in [1.82, 2.24) is 16.0 Å². The topological polar surface area (TPSA) is 154 Å². The van der Waals surface area contributed by atoms with E-state index in [1.54, 1.807) is 55.8 Å². The van der Waals surface area contributed by atoms with Crippen LogP contribution < -0.4 is 30.2 Å². The van der Waals surface area contributed by atoms with Crippen LogP contribution in [0.3, 0.4) is 0 Å². The summed E-state index contributed by atoms with van der Waals surface area (Å²) in [6, 6.07) is 11.2. The Balaban J connectivity index is 2.07. The van der Waals surface area contributed by atoms with Crippen LogP contribution in [-0.4, -0.2) is 61.8 Å². The summed E-state index contributed by atoms with van der Waals surface area (Å²) < 4.78 is 30.1. The van der Waals surface area contributed by atoms with Gasteiger partial charge in [0.25, 0.3) is 0 Å². The first-order valence-electron chi connectivity index (χ1n) is 22.2. The van der Waals surface area contributed by atoms with Gasteiger partial charge in [0.1, 0.15) is 29.3 Å². The van der Waals surface area contributed by atoms with E-state index in [9.17, 15) is 19.5 Å². The summed E-state index contributed by atoms with van der Waals surface area (Å²) in [6.45, 7) is 13.4. The second kappa shape index (κ2) is 27.9. The first-order valence-corrected chi connectivity index (χ1v) is 24.4. The van der Waals surface area contributed by atoms with Gasteiger partial charge in [-0.25, -0.2) is 9.59 Å². The zero-order chi connectivity index (χ0) is 48.0. The molecule has 65 heavy (non-hydrogen) atoms. The molecule has 0 atom stereocenters. The number of carbonyl (C=O) groups is 3. The molecule has 0 aromatic heterocycles. The van der Waals surface area contributed by atoms with Gasteiger partial charge in [-0.1, -0.05) is 82.0 Å². The zero-order valence-corrected chi connectivity index (χ0v) is 43.9. The number of methoxy groups -OCH3 is 2. The minimum Gasteiger partial charge on any atom is -0.494 e. The molecule has 0 saturated carbocycles. The average Bonchev–Trinajstić information content (AvgIpc) is 3.23. The van der Waals surface area contributed by atoms with E-state index in [2.05, 4.69) is 91.7 Å². The number of carbonyl (C=O) groups excluding carboxylic acids is 3. The van der Waals surface area contributed by atoms with Gasteiger partial charge in [0.05, 0.1) is 50.2 Å². The highest BCUT2D eigenvalue weighted by Crippen LogP contribution is 2.31. The first-order chi connectivity index (χ1) is 30.9. The van der Waals surface area contributed by atoms with Crippen molar-refractivity contribution in [3.05, 3.63) is 82.5 Å². The monoisotopic (exact) mass is 1120 g/mol. The number of hydrogen-bond donors (Lipinski definition) is 4. The molecule has 0 aliphatic heterocycles. The third-order valence-corrected chi connectivity index (χ3v) is 11.0. The standard InChI is InChI=1S/C51H67I2N3O9/c1-10-11-12-13-14-15-16-17-18-19-44(58)54-32-35-26-38(20-22-40-28-36(30-42(52)46(40)61-8)33-55-48(59)64-50(2,3)4)45(63-25-24-57)39(27-35)21-23-41-29-37(31-43(53)47(41)62-9)34-56-49(60)65-51(5,6)7/h26-31,57H,10-19,24-25,32-34H2,1-9H3,(H,54,58)(H,55,59)(H,56,60). The van der Waals surface area contributed by atoms with Crippen LogP contribution in [0.2, 0.25) is 0 Å². The van der Waals surface area contributed by atoms with Gasteiger partial charge in [-0.3, -0.25) is 4.79 Å². The minimum atomic E-state index is -0.645. The normalized spacial score (nSPS) is 11.0. The molecule has 3 aromatic rings. The quantitative estimate of drug-likeness (QED) is 0.0464. The number of hydrogen-bond acceptors (Lipinski definition) is 9. The van der Waals surface area contributed by atoms with E-state index in [-0.39, 0.29) is 38.8 Å². The Hall–Kier alpha value is -4.39. The molecule has 3 rings (SSSR count). The second-order valence-corrected chi connectivity index (χ2v) is 19.8. The molecule has 12 nitrogen and oxygen atoms in total. The van der Waals surface area contributed by atoms with Crippen LogP contribution in [0, 0.1) is 30.8 Å². The SMILES string of the molecule is CCCCCCCCCCCC(=O)NCc1cc(C#Cc2cc(CNC(=O)OC(C)(C)C)cc(I)c2OC)c(OCCO)c(C#Cc2cc(CNC(=O)OC(C)(C)C)cc(I)c2OC)c1. The summed E-state index contributed by atoms with van der Waals surface area (Å²) in [5.41, 5.74) is 3.09. The largest absolute Gasteiger partial charge is 0.494 e. The van der Waals surface area contributed by atoms with Crippen LogP contribution in [0.4, 0.5) is 9.59 Å². The Morgan fingerprint density at radius 1 is 0.569 bits per heavy atom. The van der Waals surface area contributed by atoms with E-state index in [0.29, 0.717) is 45.9 Å². The van der Waals surface area contributed by atoms with Crippen LogP contribution in [0.1, 0.15) is 152 Å². The molecule has 0 spiro atoms. The molecule has 0 fully saturated rings. The van der Waals surface area contributed by atoms with Gasteiger partial charge in [0.2, 0.25) is 5.91 Å². The number of halogens is 2. The van der Waals surface area contributed by atoms with Crippen molar-refractivity contribution in [2.24, 2.45) is 0 Å². The Bertz CT molecular complexity index is 2060. The van der Waals surface area contributed by atoms with E-state index in [4.69, 9.17) is 23.7 Å². The average molecular weight is 1120 g/mol. The van der Waals surface area contributed by atoms with Crippen molar-refractivity contribution in [2.75, 3.05) is 27.4 Å². The number of amides is 3. The molecule has 0 bridgehead atoms. The molecule has 0 aliphatic carbocycles. The number of unbranched alkanes of at least 4 members (excludes halogenated alkanes) is 8. The fourth-order valence-corrected chi connectivity index (χ4v) is 8.34. The lowest BCUT2D eigenvalue weighted by molar-refractivity contribution is -0.121. The van der Waals surface area contributed by atoms with Gasteiger partial charge in [-0.05, 0) is 146 Å². The van der Waals surface area contributed by atoms with E-state index in [0.717, 1.165) is 43.1 Å².